The fourth-order valence-corrected chi connectivity index (χ4v) is 2.09. The quantitative estimate of drug-likeness (QED) is 0.550. The molecule has 1 heterocycles. The second-order valence-corrected chi connectivity index (χ2v) is 4.48. The first kappa shape index (κ1) is 13.0. The number of rotatable bonds is 8. The molecule has 0 fully saturated rings. The summed E-state index contributed by atoms with van der Waals surface area (Å²) in [7, 11) is 0. The van der Waals surface area contributed by atoms with Crippen LogP contribution in [0.2, 0.25) is 0 Å². The molecule has 0 atom stereocenters. The molecular formula is C9H16N4O2S. The van der Waals surface area contributed by atoms with Crippen LogP contribution >= 0.6 is 11.8 Å². The van der Waals surface area contributed by atoms with Gasteiger partial charge < -0.3 is 5.11 Å². The van der Waals surface area contributed by atoms with Crippen LogP contribution < -0.4 is 0 Å². The summed E-state index contributed by atoms with van der Waals surface area (Å²) in [6, 6.07) is 0. The molecule has 0 spiro atoms. The van der Waals surface area contributed by atoms with Gasteiger partial charge in [-0.05, 0) is 16.8 Å². The highest BCUT2D eigenvalue weighted by Crippen LogP contribution is 2.16. The van der Waals surface area contributed by atoms with E-state index in [0.29, 0.717) is 5.16 Å². The lowest BCUT2D eigenvalue weighted by atomic mass is 10.2. The van der Waals surface area contributed by atoms with Crippen molar-refractivity contribution in [2.75, 3.05) is 5.75 Å². The van der Waals surface area contributed by atoms with Gasteiger partial charge in [0.25, 0.3) is 0 Å². The number of carboxylic acids is 1. The average molecular weight is 244 g/mol. The van der Waals surface area contributed by atoms with E-state index >= 15 is 0 Å². The summed E-state index contributed by atoms with van der Waals surface area (Å²) in [5.41, 5.74) is 0. The van der Waals surface area contributed by atoms with Crippen LogP contribution in [0.15, 0.2) is 5.16 Å². The number of aromatic nitrogens is 4. The van der Waals surface area contributed by atoms with Crippen LogP contribution in [0.4, 0.5) is 0 Å². The number of carbonyl (C=O) groups is 1. The van der Waals surface area contributed by atoms with Crippen LogP contribution in [0.3, 0.4) is 0 Å². The molecule has 0 saturated heterocycles. The second kappa shape index (κ2) is 7.21. The number of unbranched alkanes of at least 4 members (excludes halogenated alkanes) is 3. The maximum absolute atomic E-state index is 10.5. The Balaban J connectivity index is 2.30. The fourth-order valence-electron chi connectivity index (χ4n) is 1.22. The van der Waals surface area contributed by atoms with Crippen LogP contribution in [0, 0.1) is 0 Å². The van der Waals surface area contributed by atoms with E-state index in [9.17, 15) is 4.79 Å². The Hall–Kier alpha value is -1.11. The van der Waals surface area contributed by atoms with Crippen molar-refractivity contribution in [3.63, 3.8) is 0 Å². The fraction of sp³-hybridized carbons (Fsp3) is 0.778. The molecule has 0 bridgehead atoms. The van der Waals surface area contributed by atoms with Crippen LogP contribution in [-0.2, 0) is 11.3 Å². The molecule has 1 aromatic rings. The highest BCUT2D eigenvalue weighted by Gasteiger charge is 2.09. The van der Waals surface area contributed by atoms with Gasteiger partial charge in [0.05, 0.1) is 0 Å². The zero-order valence-electron chi connectivity index (χ0n) is 9.30. The van der Waals surface area contributed by atoms with Crippen molar-refractivity contribution in [1.29, 1.82) is 0 Å². The number of nitrogens with zero attached hydrogens (tertiary/aromatic N) is 4. The van der Waals surface area contributed by atoms with Crippen molar-refractivity contribution in [2.45, 2.75) is 44.3 Å². The summed E-state index contributed by atoms with van der Waals surface area (Å²) in [6.07, 6.45) is 4.75. The molecule has 0 unspecified atom stereocenters. The SMILES string of the molecule is CCCCCCSc1nnnn1CC(=O)O. The number of tetrazole rings is 1. The minimum absolute atomic E-state index is 0.176. The minimum atomic E-state index is -0.930. The predicted octanol–water partition coefficient (Wildman–Crippen LogP) is 1.43. The summed E-state index contributed by atoms with van der Waals surface area (Å²) in [6.45, 7) is 1.99. The summed E-state index contributed by atoms with van der Waals surface area (Å²) >= 11 is 1.51. The number of aliphatic carboxylic acids is 1. The zero-order valence-corrected chi connectivity index (χ0v) is 10.1. The van der Waals surface area contributed by atoms with E-state index in [-0.39, 0.29) is 6.54 Å². The normalized spacial score (nSPS) is 10.6. The molecule has 7 heteroatoms. The molecular weight excluding hydrogens is 228 g/mol. The molecule has 0 aliphatic rings. The summed E-state index contributed by atoms with van der Waals surface area (Å²) in [5.74, 6) is 0.000116. The molecule has 0 saturated carbocycles. The first-order valence-corrected chi connectivity index (χ1v) is 6.33. The van der Waals surface area contributed by atoms with Gasteiger partial charge in [0.1, 0.15) is 6.54 Å². The molecule has 0 aliphatic carbocycles. The number of hydrogen-bond donors (Lipinski definition) is 1. The van der Waals surface area contributed by atoms with Gasteiger partial charge in [0.2, 0.25) is 5.16 Å². The number of thioether (sulfide) groups is 1. The Labute approximate surface area is 98.4 Å². The maximum atomic E-state index is 10.5. The Morgan fingerprint density at radius 3 is 2.94 bits per heavy atom. The number of hydrogen-bond acceptors (Lipinski definition) is 5. The monoisotopic (exact) mass is 244 g/mol. The molecule has 90 valence electrons. The first-order chi connectivity index (χ1) is 7.74. The van der Waals surface area contributed by atoms with Crippen molar-refractivity contribution in [1.82, 2.24) is 20.2 Å². The van der Waals surface area contributed by atoms with Crippen molar-refractivity contribution in [3.8, 4) is 0 Å². The largest absolute Gasteiger partial charge is 0.480 e. The van der Waals surface area contributed by atoms with Gasteiger partial charge in [-0.15, -0.1) is 5.10 Å². The maximum Gasteiger partial charge on any atom is 0.325 e. The lowest BCUT2D eigenvalue weighted by Crippen LogP contribution is -2.11. The van der Waals surface area contributed by atoms with Crippen LogP contribution in [-0.4, -0.2) is 37.0 Å². The molecule has 0 amide bonds. The van der Waals surface area contributed by atoms with Gasteiger partial charge in [-0.3, -0.25) is 4.79 Å². The van der Waals surface area contributed by atoms with Crippen molar-refractivity contribution < 1.29 is 9.90 Å². The van der Waals surface area contributed by atoms with Crippen LogP contribution in [0.25, 0.3) is 0 Å². The third kappa shape index (κ3) is 4.61. The Morgan fingerprint density at radius 1 is 1.44 bits per heavy atom. The Morgan fingerprint density at radius 2 is 2.25 bits per heavy atom. The van der Waals surface area contributed by atoms with Gasteiger partial charge >= 0.3 is 5.97 Å². The first-order valence-electron chi connectivity index (χ1n) is 5.34. The molecule has 1 aromatic heterocycles. The predicted molar refractivity (Wildman–Crippen MR) is 60.3 cm³/mol. The van der Waals surface area contributed by atoms with E-state index in [0.717, 1.165) is 12.2 Å². The topological polar surface area (TPSA) is 80.9 Å². The van der Waals surface area contributed by atoms with E-state index < -0.39 is 5.97 Å². The third-order valence-electron chi connectivity index (χ3n) is 2.01. The highest BCUT2D eigenvalue weighted by atomic mass is 32.2. The van der Waals surface area contributed by atoms with Gasteiger partial charge in [-0.25, -0.2) is 4.68 Å². The Bertz CT molecular complexity index is 329. The molecule has 0 aromatic carbocycles. The van der Waals surface area contributed by atoms with E-state index in [1.54, 1.807) is 0 Å². The summed E-state index contributed by atoms with van der Waals surface area (Å²) in [5, 5.41) is 20.1. The van der Waals surface area contributed by atoms with Crippen LogP contribution in [0.1, 0.15) is 32.6 Å². The lowest BCUT2D eigenvalue weighted by molar-refractivity contribution is -0.138. The van der Waals surface area contributed by atoms with E-state index in [2.05, 4.69) is 22.4 Å². The van der Waals surface area contributed by atoms with Gasteiger partial charge in [-0.2, -0.15) is 0 Å². The van der Waals surface area contributed by atoms with Gasteiger partial charge in [-0.1, -0.05) is 37.9 Å². The van der Waals surface area contributed by atoms with Crippen molar-refractivity contribution in [2.24, 2.45) is 0 Å². The average Bonchev–Trinajstić information content (AvgIpc) is 2.64. The Kier molecular flexibility index (Phi) is 5.84. The molecule has 6 nitrogen and oxygen atoms in total. The standard InChI is InChI=1S/C9H16N4O2S/c1-2-3-4-5-6-16-9-10-11-12-13(9)7-8(14)15/h2-7H2,1H3,(H,14,15). The van der Waals surface area contributed by atoms with Gasteiger partial charge in [0.15, 0.2) is 0 Å². The molecule has 1 rings (SSSR count). The van der Waals surface area contributed by atoms with Crippen molar-refractivity contribution in [3.05, 3.63) is 0 Å². The molecule has 0 aliphatic heterocycles. The van der Waals surface area contributed by atoms with Crippen LogP contribution in [0.5, 0.6) is 0 Å². The zero-order chi connectivity index (χ0) is 11.8. The molecule has 1 N–H and O–H groups in total. The molecule has 0 radical (unpaired) electrons. The van der Waals surface area contributed by atoms with E-state index in [1.165, 1.54) is 35.7 Å². The van der Waals surface area contributed by atoms with Crippen molar-refractivity contribution >= 4 is 17.7 Å². The summed E-state index contributed by atoms with van der Waals surface area (Å²) < 4.78 is 1.31. The van der Waals surface area contributed by atoms with Gasteiger partial charge in [0, 0.05) is 5.75 Å². The number of carboxylic acid groups (broad SMARTS) is 1. The molecule has 16 heavy (non-hydrogen) atoms. The minimum Gasteiger partial charge on any atom is -0.480 e. The highest BCUT2D eigenvalue weighted by molar-refractivity contribution is 7.99. The smallest absolute Gasteiger partial charge is 0.325 e. The van der Waals surface area contributed by atoms with E-state index in [4.69, 9.17) is 5.11 Å². The van der Waals surface area contributed by atoms with E-state index in [1.807, 2.05) is 0 Å². The second-order valence-electron chi connectivity index (χ2n) is 3.42. The lowest BCUT2D eigenvalue weighted by Gasteiger charge is -2.01. The third-order valence-corrected chi connectivity index (χ3v) is 3.06. The summed E-state index contributed by atoms with van der Waals surface area (Å²) in [4.78, 5) is 10.5.